The van der Waals surface area contributed by atoms with E-state index < -0.39 is 88.7 Å². The normalized spacial score (nSPS) is 22.6. The Labute approximate surface area is 279 Å². The van der Waals surface area contributed by atoms with Crippen LogP contribution in [0.2, 0.25) is 0 Å². The van der Waals surface area contributed by atoms with E-state index in [-0.39, 0.29) is 5.56 Å². The largest absolute Gasteiger partial charge is 0.462 e. The van der Waals surface area contributed by atoms with Gasteiger partial charge in [0.2, 0.25) is 6.29 Å². The molecular formula is C33H48INO10. The average Bonchev–Trinajstić information content (AvgIpc) is 2.87. The predicted octanol–water partition coefficient (Wildman–Crippen LogP) is 5.21. The smallest absolute Gasteiger partial charge is 0.313 e. The van der Waals surface area contributed by atoms with Crippen molar-refractivity contribution >= 4 is 52.4 Å². The van der Waals surface area contributed by atoms with E-state index in [9.17, 15) is 24.0 Å². The number of ether oxygens (including phenoxy) is 5. The Bertz CT molecular complexity index is 1270. The van der Waals surface area contributed by atoms with E-state index in [0.717, 1.165) is 3.57 Å². The van der Waals surface area contributed by atoms with Crippen molar-refractivity contribution < 1.29 is 47.7 Å². The molecule has 0 saturated carbocycles. The van der Waals surface area contributed by atoms with Gasteiger partial charge < -0.3 is 29.0 Å². The van der Waals surface area contributed by atoms with Gasteiger partial charge in [-0.2, -0.15) is 0 Å². The van der Waals surface area contributed by atoms with Gasteiger partial charge in [-0.1, -0.05) is 6.07 Å². The molecule has 12 heteroatoms. The number of carbonyl (C=O) groups excluding carboxylic acids is 5. The van der Waals surface area contributed by atoms with Crippen molar-refractivity contribution in [2.45, 2.75) is 114 Å². The van der Waals surface area contributed by atoms with Crippen LogP contribution in [0.25, 0.3) is 0 Å². The highest BCUT2D eigenvalue weighted by Gasteiger charge is 2.54. The van der Waals surface area contributed by atoms with Gasteiger partial charge in [-0.25, -0.2) is 0 Å². The number of amides is 1. The lowest BCUT2D eigenvalue weighted by Crippen LogP contribution is -2.67. The molecular weight excluding hydrogens is 697 g/mol. The summed E-state index contributed by atoms with van der Waals surface area (Å²) in [5.74, 6) is -3.14. The van der Waals surface area contributed by atoms with Gasteiger partial charge in [0.25, 0.3) is 5.91 Å². The first kappa shape index (κ1) is 38.4. The molecule has 1 aromatic carbocycles. The van der Waals surface area contributed by atoms with Crippen LogP contribution < -0.4 is 5.32 Å². The Morgan fingerprint density at radius 2 is 1.18 bits per heavy atom. The van der Waals surface area contributed by atoms with Crippen molar-refractivity contribution in [3.8, 4) is 0 Å². The van der Waals surface area contributed by atoms with Gasteiger partial charge in [-0.3, -0.25) is 24.0 Å². The zero-order chi connectivity index (χ0) is 34.7. The summed E-state index contributed by atoms with van der Waals surface area (Å²) in [5.41, 5.74) is -3.55. The quantitative estimate of drug-likeness (QED) is 0.225. The van der Waals surface area contributed by atoms with Crippen LogP contribution >= 0.6 is 22.6 Å². The molecule has 1 heterocycles. The van der Waals surface area contributed by atoms with Crippen LogP contribution in [0.5, 0.6) is 0 Å². The minimum Gasteiger partial charge on any atom is -0.462 e. The maximum Gasteiger partial charge on any atom is 0.313 e. The van der Waals surface area contributed by atoms with Crippen LogP contribution in [0.3, 0.4) is 0 Å². The van der Waals surface area contributed by atoms with Crippen molar-refractivity contribution in [2.75, 3.05) is 6.61 Å². The number of rotatable bonds is 7. The van der Waals surface area contributed by atoms with Crippen molar-refractivity contribution in [2.24, 2.45) is 21.7 Å². The van der Waals surface area contributed by atoms with Gasteiger partial charge in [0, 0.05) is 9.13 Å². The molecule has 11 nitrogen and oxygen atoms in total. The maximum absolute atomic E-state index is 13.6. The van der Waals surface area contributed by atoms with Gasteiger partial charge in [0.05, 0.1) is 21.7 Å². The minimum atomic E-state index is -1.52. The zero-order valence-corrected chi connectivity index (χ0v) is 30.5. The molecule has 252 valence electrons. The molecule has 1 N–H and O–H groups in total. The minimum absolute atomic E-state index is 0.285. The summed E-state index contributed by atoms with van der Waals surface area (Å²) >= 11 is 2.07. The SMILES string of the molecule is CC(C)(C)C(=O)OC[C@H]1OC(OC(=O)C(C)(C)C)[C@H](NC(=O)c2cccc(I)c2)[C@@H](OC(=O)C(C)(C)C)[C@@H]1OC(=O)C(C)(C)C. The summed E-state index contributed by atoms with van der Waals surface area (Å²) in [5, 5.41) is 2.81. The molecule has 5 atom stereocenters. The Morgan fingerprint density at radius 3 is 1.64 bits per heavy atom. The number of carbonyl (C=O) groups is 5. The fourth-order valence-corrected chi connectivity index (χ4v) is 4.24. The summed E-state index contributed by atoms with van der Waals surface area (Å²) in [6.45, 7) is 19.4. The fraction of sp³-hybridized carbons (Fsp3) is 0.667. The second-order valence-corrected chi connectivity index (χ2v) is 16.5. The average molecular weight is 746 g/mol. The Morgan fingerprint density at radius 1 is 0.711 bits per heavy atom. The summed E-state index contributed by atoms with van der Waals surface area (Å²) in [7, 11) is 0. The van der Waals surface area contributed by atoms with Crippen molar-refractivity contribution in [3.63, 3.8) is 0 Å². The van der Waals surface area contributed by atoms with Crippen LogP contribution in [-0.4, -0.2) is 67.0 Å². The number of esters is 4. The fourth-order valence-electron chi connectivity index (χ4n) is 3.70. The molecule has 1 aliphatic rings. The van der Waals surface area contributed by atoms with Gasteiger partial charge >= 0.3 is 23.9 Å². The Balaban J connectivity index is 2.73. The van der Waals surface area contributed by atoms with Crippen LogP contribution in [0.1, 0.15) is 93.4 Å². The third-order valence-electron chi connectivity index (χ3n) is 6.57. The van der Waals surface area contributed by atoms with E-state index in [1.165, 1.54) is 0 Å². The first-order valence-corrected chi connectivity index (χ1v) is 15.9. The number of hydrogen-bond donors (Lipinski definition) is 1. The number of hydrogen-bond acceptors (Lipinski definition) is 10. The topological polar surface area (TPSA) is 144 Å². The molecule has 2 rings (SSSR count). The summed E-state index contributed by atoms with van der Waals surface area (Å²) < 4.78 is 30.3. The highest BCUT2D eigenvalue weighted by atomic mass is 127. The maximum atomic E-state index is 13.6. The lowest BCUT2D eigenvalue weighted by atomic mass is 9.92. The number of benzene rings is 1. The van der Waals surface area contributed by atoms with E-state index in [2.05, 4.69) is 27.9 Å². The Kier molecular flexibility index (Phi) is 12.3. The van der Waals surface area contributed by atoms with Gasteiger partial charge in [-0.05, 0) is 124 Å². The first-order chi connectivity index (χ1) is 20.3. The monoisotopic (exact) mass is 745 g/mol. The lowest BCUT2D eigenvalue weighted by Gasteiger charge is -2.46. The standard InChI is InChI=1S/C33H48INO10/c1-30(2,3)26(37)41-17-20-22(43-27(38)31(4,5)6)23(44-28(39)32(7,8)9)21(25(42-20)45-29(40)33(10,11)12)35-24(36)18-14-13-15-19(34)16-18/h13-16,20-23,25H,17H2,1-12H3,(H,35,36)/t20-,21-,22-,23-,25?/m1/s1. The number of nitrogens with one attached hydrogen (secondary N) is 1. The lowest BCUT2D eigenvalue weighted by molar-refractivity contribution is -0.276. The van der Waals surface area contributed by atoms with Crippen molar-refractivity contribution in [1.82, 2.24) is 5.32 Å². The van der Waals surface area contributed by atoms with Crippen molar-refractivity contribution in [3.05, 3.63) is 33.4 Å². The molecule has 45 heavy (non-hydrogen) atoms. The molecule has 1 aliphatic heterocycles. The third-order valence-corrected chi connectivity index (χ3v) is 7.24. The highest BCUT2D eigenvalue weighted by molar-refractivity contribution is 14.1. The van der Waals surface area contributed by atoms with Gasteiger partial charge in [0.15, 0.2) is 12.2 Å². The molecule has 0 aromatic heterocycles. The van der Waals surface area contributed by atoms with Crippen LogP contribution in [0.4, 0.5) is 0 Å². The summed E-state index contributed by atoms with van der Waals surface area (Å²) in [6, 6.07) is 5.43. The van der Waals surface area contributed by atoms with Crippen molar-refractivity contribution in [1.29, 1.82) is 0 Å². The van der Waals surface area contributed by atoms with Crippen LogP contribution in [0.15, 0.2) is 24.3 Å². The summed E-state index contributed by atoms with van der Waals surface area (Å²) in [4.78, 5) is 66.2. The predicted molar refractivity (Wildman–Crippen MR) is 174 cm³/mol. The molecule has 1 amide bonds. The molecule has 1 aromatic rings. The highest BCUT2D eigenvalue weighted by Crippen LogP contribution is 2.33. The van der Waals surface area contributed by atoms with E-state index in [1.807, 2.05) is 6.07 Å². The molecule has 0 radical (unpaired) electrons. The van der Waals surface area contributed by atoms with Crippen LogP contribution in [0, 0.1) is 25.2 Å². The molecule has 0 bridgehead atoms. The molecule has 0 spiro atoms. The van der Waals surface area contributed by atoms with Crippen LogP contribution in [-0.2, 0) is 42.9 Å². The third kappa shape index (κ3) is 10.9. The van der Waals surface area contributed by atoms with E-state index in [4.69, 9.17) is 23.7 Å². The molecule has 1 saturated heterocycles. The molecule has 1 unspecified atom stereocenters. The van der Waals surface area contributed by atoms with Gasteiger partial charge in [0.1, 0.15) is 18.8 Å². The van der Waals surface area contributed by atoms with E-state index >= 15 is 0 Å². The zero-order valence-electron chi connectivity index (χ0n) is 28.4. The second-order valence-electron chi connectivity index (χ2n) is 15.3. The Hall–Kier alpha value is -2.74. The first-order valence-electron chi connectivity index (χ1n) is 14.8. The number of halogens is 1. The van der Waals surface area contributed by atoms with E-state index in [0.29, 0.717) is 0 Å². The summed E-state index contributed by atoms with van der Waals surface area (Å²) in [6.07, 6.45) is -5.56. The van der Waals surface area contributed by atoms with Gasteiger partial charge in [-0.15, -0.1) is 0 Å². The molecule has 1 fully saturated rings. The van der Waals surface area contributed by atoms with E-state index in [1.54, 1.807) is 101 Å². The second kappa shape index (κ2) is 14.4. The molecule has 0 aliphatic carbocycles.